The van der Waals surface area contributed by atoms with E-state index in [1.165, 1.54) is 16.7 Å². The predicted octanol–water partition coefficient (Wildman–Crippen LogP) is 2.56. The Labute approximate surface area is 144 Å². The van der Waals surface area contributed by atoms with Gasteiger partial charge in [0.05, 0.1) is 5.52 Å². The van der Waals surface area contributed by atoms with Gasteiger partial charge in [0.2, 0.25) is 5.91 Å². The highest BCUT2D eigenvalue weighted by Gasteiger charge is 2.08. The maximum atomic E-state index is 12.8. The molecule has 3 aromatic rings. The summed E-state index contributed by atoms with van der Waals surface area (Å²) in [7, 11) is 1.65. The monoisotopic (exact) mass is 342 g/mol. The summed E-state index contributed by atoms with van der Waals surface area (Å²) in [6, 6.07) is 11.7. The van der Waals surface area contributed by atoms with Crippen LogP contribution in [0.25, 0.3) is 11.1 Å². The van der Waals surface area contributed by atoms with Crippen LogP contribution in [0.3, 0.4) is 0 Å². The number of aryl methyl sites for hydroxylation is 2. The van der Waals surface area contributed by atoms with Gasteiger partial charge in [-0.2, -0.15) is 0 Å². The summed E-state index contributed by atoms with van der Waals surface area (Å²) in [5, 5.41) is 2.86. The Bertz CT molecular complexity index is 941. The molecule has 3 rings (SSSR count). The van der Waals surface area contributed by atoms with Crippen molar-refractivity contribution in [3.05, 3.63) is 70.0 Å². The van der Waals surface area contributed by atoms with Crippen molar-refractivity contribution in [2.24, 2.45) is 7.05 Å². The molecule has 5 nitrogen and oxygen atoms in total. The van der Waals surface area contributed by atoms with E-state index in [1.54, 1.807) is 25.2 Å². The molecule has 0 atom stereocenters. The van der Waals surface area contributed by atoms with Gasteiger partial charge in [-0.05, 0) is 48.2 Å². The summed E-state index contributed by atoms with van der Waals surface area (Å²) in [6.45, 7) is 0.514. The molecule has 0 bridgehead atoms. The molecular formula is C19H19FN2O3. The minimum absolute atomic E-state index is 0.0386. The van der Waals surface area contributed by atoms with Gasteiger partial charge >= 0.3 is 5.76 Å². The Kier molecular flexibility index (Phi) is 4.97. The molecule has 0 spiro atoms. The summed E-state index contributed by atoms with van der Waals surface area (Å²) in [5.41, 5.74) is 3.21. The Morgan fingerprint density at radius 1 is 1.12 bits per heavy atom. The number of amides is 1. The number of carbonyl (C=O) groups excluding carboxylic acids is 1. The number of nitrogens with zero attached hydrogens (tertiary/aromatic N) is 1. The highest BCUT2D eigenvalue weighted by Crippen LogP contribution is 2.15. The molecule has 0 saturated heterocycles. The third kappa shape index (κ3) is 4.15. The Morgan fingerprint density at radius 3 is 2.60 bits per heavy atom. The number of oxazole rings is 1. The third-order valence-electron chi connectivity index (χ3n) is 4.15. The molecule has 0 aliphatic heterocycles. The van der Waals surface area contributed by atoms with E-state index in [0.717, 1.165) is 16.6 Å². The standard InChI is InChI=1S/C19H19FN2O3/c1-22-16-12-14(4-8-17(16)25-19(22)24)5-9-18(23)21-11-10-13-2-6-15(20)7-3-13/h2-4,6-8,12H,5,9-11H2,1H3,(H,21,23). The van der Waals surface area contributed by atoms with Crippen molar-refractivity contribution in [3.8, 4) is 0 Å². The molecule has 6 heteroatoms. The van der Waals surface area contributed by atoms with Crippen LogP contribution < -0.4 is 11.1 Å². The first-order valence-electron chi connectivity index (χ1n) is 8.12. The zero-order valence-electron chi connectivity index (χ0n) is 13.9. The molecule has 1 amide bonds. The van der Waals surface area contributed by atoms with Gasteiger partial charge in [0, 0.05) is 20.0 Å². The van der Waals surface area contributed by atoms with E-state index in [2.05, 4.69) is 5.32 Å². The number of carbonyl (C=O) groups is 1. The quantitative estimate of drug-likeness (QED) is 0.749. The Morgan fingerprint density at radius 2 is 1.84 bits per heavy atom. The lowest BCUT2D eigenvalue weighted by Gasteiger charge is -2.06. The largest absolute Gasteiger partial charge is 0.419 e. The second-order valence-electron chi connectivity index (χ2n) is 5.96. The van der Waals surface area contributed by atoms with Crippen LogP contribution in [0.1, 0.15) is 17.5 Å². The first-order valence-corrected chi connectivity index (χ1v) is 8.12. The maximum absolute atomic E-state index is 12.8. The molecule has 25 heavy (non-hydrogen) atoms. The molecular weight excluding hydrogens is 323 g/mol. The highest BCUT2D eigenvalue weighted by molar-refractivity contribution is 5.77. The summed E-state index contributed by atoms with van der Waals surface area (Å²) in [6.07, 6.45) is 1.60. The SMILES string of the molecule is Cn1c(=O)oc2ccc(CCC(=O)NCCc3ccc(F)cc3)cc21. The first-order chi connectivity index (χ1) is 12.0. The van der Waals surface area contributed by atoms with E-state index in [9.17, 15) is 14.0 Å². The van der Waals surface area contributed by atoms with Crippen LogP contribution in [0.2, 0.25) is 0 Å². The van der Waals surface area contributed by atoms with Crippen molar-refractivity contribution in [2.75, 3.05) is 6.54 Å². The van der Waals surface area contributed by atoms with Gasteiger partial charge < -0.3 is 9.73 Å². The fraction of sp³-hybridized carbons (Fsp3) is 0.263. The Hall–Kier alpha value is -2.89. The molecule has 0 unspecified atom stereocenters. The van der Waals surface area contributed by atoms with Crippen molar-refractivity contribution in [2.45, 2.75) is 19.3 Å². The second kappa shape index (κ2) is 7.34. The molecule has 1 N–H and O–H groups in total. The predicted molar refractivity (Wildman–Crippen MR) is 92.9 cm³/mol. The molecule has 0 saturated carbocycles. The number of nitrogens with one attached hydrogen (secondary N) is 1. The van der Waals surface area contributed by atoms with Gasteiger partial charge in [0.15, 0.2) is 5.58 Å². The van der Waals surface area contributed by atoms with Gasteiger partial charge in [-0.1, -0.05) is 18.2 Å². The number of aromatic nitrogens is 1. The lowest BCUT2D eigenvalue weighted by atomic mass is 10.1. The maximum Gasteiger partial charge on any atom is 0.419 e. The summed E-state index contributed by atoms with van der Waals surface area (Å²) in [5.74, 6) is -0.700. The topological polar surface area (TPSA) is 64.2 Å². The summed E-state index contributed by atoms with van der Waals surface area (Å²) in [4.78, 5) is 23.4. The van der Waals surface area contributed by atoms with Gasteiger partial charge in [-0.25, -0.2) is 9.18 Å². The van der Waals surface area contributed by atoms with E-state index in [1.807, 2.05) is 12.1 Å². The normalized spacial score (nSPS) is 11.0. The van der Waals surface area contributed by atoms with Gasteiger partial charge in [0.25, 0.3) is 0 Å². The number of fused-ring (bicyclic) bond motifs is 1. The van der Waals surface area contributed by atoms with E-state index in [-0.39, 0.29) is 11.7 Å². The highest BCUT2D eigenvalue weighted by atomic mass is 19.1. The number of rotatable bonds is 6. The number of halogens is 1. The molecule has 1 aromatic heterocycles. The fourth-order valence-corrected chi connectivity index (χ4v) is 2.67. The van der Waals surface area contributed by atoms with Gasteiger partial charge in [-0.15, -0.1) is 0 Å². The van der Waals surface area contributed by atoms with E-state index in [4.69, 9.17) is 4.42 Å². The van der Waals surface area contributed by atoms with Crippen LogP contribution >= 0.6 is 0 Å². The molecule has 0 aliphatic rings. The molecule has 0 radical (unpaired) electrons. The van der Waals surface area contributed by atoms with Crippen LogP contribution in [0, 0.1) is 5.82 Å². The minimum Gasteiger partial charge on any atom is -0.408 e. The van der Waals surface area contributed by atoms with Crippen LogP contribution in [0.4, 0.5) is 4.39 Å². The summed E-state index contributed by atoms with van der Waals surface area (Å²) >= 11 is 0. The van der Waals surface area contributed by atoms with Crippen LogP contribution in [-0.2, 0) is 24.7 Å². The van der Waals surface area contributed by atoms with Crippen molar-refractivity contribution in [1.82, 2.24) is 9.88 Å². The second-order valence-corrected chi connectivity index (χ2v) is 5.96. The molecule has 130 valence electrons. The van der Waals surface area contributed by atoms with Crippen molar-refractivity contribution in [3.63, 3.8) is 0 Å². The molecule has 0 fully saturated rings. The third-order valence-corrected chi connectivity index (χ3v) is 4.15. The van der Waals surface area contributed by atoms with Crippen LogP contribution in [-0.4, -0.2) is 17.0 Å². The lowest BCUT2D eigenvalue weighted by molar-refractivity contribution is -0.121. The average molecular weight is 342 g/mol. The van der Waals surface area contributed by atoms with Crippen molar-refractivity contribution in [1.29, 1.82) is 0 Å². The number of hydrogen-bond donors (Lipinski definition) is 1. The zero-order chi connectivity index (χ0) is 17.8. The van der Waals surface area contributed by atoms with Gasteiger partial charge in [0.1, 0.15) is 5.82 Å². The average Bonchev–Trinajstić information content (AvgIpc) is 2.89. The van der Waals surface area contributed by atoms with Crippen LogP contribution in [0.5, 0.6) is 0 Å². The first kappa shape index (κ1) is 17.0. The fourth-order valence-electron chi connectivity index (χ4n) is 2.67. The molecule has 2 aromatic carbocycles. The van der Waals surface area contributed by atoms with Crippen molar-refractivity contribution >= 4 is 17.0 Å². The lowest BCUT2D eigenvalue weighted by Crippen LogP contribution is -2.25. The number of benzene rings is 2. The minimum atomic E-state index is -0.398. The zero-order valence-corrected chi connectivity index (χ0v) is 13.9. The van der Waals surface area contributed by atoms with E-state index >= 15 is 0 Å². The molecule has 0 aliphatic carbocycles. The smallest absolute Gasteiger partial charge is 0.408 e. The van der Waals surface area contributed by atoms with Gasteiger partial charge in [-0.3, -0.25) is 9.36 Å². The molecule has 1 heterocycles. The summed E-state index contributed by atoms with van der Waals surface area (Å²) < 4.78 is 19.4. The number of hydrogen-bond acceptors (Lipinski definition) is 3. The Balaban J connectivity index is 1.49. The van der Waals surface area contributed by atoms with Crippen molar-refractivity contribution < 1.29 is 13.6 Å². The van der Waals surface area contributed by atoms with E-state index < -0.39 is 5.76 Å². The van der Waals surface area contributed by atoms with Crippen LogP contribution in [0.15, 0.2) is 51.7 Å². The van der Waals surface area contributed by atoms with E-state index in [0.29, 0.717) is 31.4 Å².